The summed E-state index contributed by atoms with van der Waals surface area (Å²) in [4.78, 5) is 2.31. The number of rotatable bonds is 5. The lowest BCUT2D eigenvalue weighted by Crippen LogP contribution is -2.42. The molecule has 18 heavy (non-hydrogen) atoms. The minimum absolute atomic E-state index is 0.134. The number of halogens is 1. The van der Waals surface area contributed by atoms with E-state index in [0.29, 0.717) is 12.0 Å². The van der Waals surface area contributed by atoms with E-state index >= 15 is 0 Å². The van der Waals surface area contributed by atoms with Gasteiger partial charge < -0.3 is 10.2 Å². The highest BCUT2D eigenvalue weighted by molar-refractivity contribution is 5.58. The predicted molar refractivity (Wildman–Crippen MR) is 74.6 cm³/mol. The lowest BCUT2D eigenvalue weighted by Gasteiger charge is -2.29. The highest BCUT2D eigenvalue weighted by Crippen LogP contribution is 2.29. The van der Waals surface area contributed by atoms with Gasteiger partial charge in [0.05, 0.1) is 0 Å². The molecule has 3 heteroatoms. The number of nitrogens with zero attached hydrogens (tertiary/aromatic N) is 1. The van der Waals surface area contributed by atoms with Crippen molar-refractivity contribution in [2.75, 3.05) is 25.0 Å². The van der Waals surface area contributed by atoms with Crippen LogP contribution < -0.4 is 10.2 Å². The van der Waals surface area contributed by atoms with Gasteiger partial charge in [-0.1, -0.05) is 26.3 Å². The van der Waals surface area contributed by atoms with Crippen molar-refractivity contribution >= 4 is 5.69 Å². The third kappa shape index (κ3) is 2.66. The molecule has 0 spiro atoms. The fraction of sp³-hybridized carbons (Fsp3) is 0.600. The molecule has 2 unspecified atom stereocenters. The first-order chi connectivity index (χ1) is 8.65. The highest BCUT2D eigenvalue weighted by atomic mass is 19.1. The molecule has 100 valence electrons. The average Bonchev–Trinajstić information content (AvgIpc) is 2.77. The van der Waals surface area contributed by atoms with E-state index in [9.17, 15) is 4.39 Å². The zero-order chi connectivity index (χ0) is 13.1. The zero-order valence-electron chi connectivity index (χ0n) is 11.5. The van der Waals surface area contributed by atoms with Crippen LogP contribution in [0.2, 0.25) is 0 Å². The van der Waals surface area contributed by atoms with Crippen molar-refractivity contribution in [3.8, 4) is 0 Å². The van der Waals surface area contributed by atoms with Gasteiger partial charge >= 0.3 is 0 Å². The third-order valence-corrected chi connectivity index (χ3v) is 4.16. The maximum Gasteiger partial charge on any atom is 0.125 e. The Morgan fingerprint density at radius 1 is 1.44 bits per heavy atom. The van der Waals surface area contributed by atoms with Crippen LogP contribution in [0.1, 0.15) is 25.8 Å². The number of hydrogen-bond donors (Lipinski definition) is 1. The van der Waals surface area contributed by atoms with Gasteiger partial charge in [-0.2, -0.15) is 0 Å². The summed E-state index contributed by atoms with van der Waals surface area (Å²) in [6, 6.07) is 5.62. The minimum atomic E-state index is -0.134. The van der Waals surface area contributed by atoms with Crippen LogP contribution in [0.15, 0.2) is 18.2 Å². The van der Waals surface area contributed by atoms with E-state index < -0.39 is 0 Å². The molecule has 1 aromatic rings. The second-order valence-corrected chi connectivity index (χ2v) is 5.25. The van der Waals surface area contributed by atoms with Crippen LogP contribution >= 0.6 is 0 Å². The van der Waals surface area contributed by atoms with Crippen LogP contribution in [0.4, 0.5) is 10.1 Å². The lowest BCUT2D eigenvalue weighted by atomic mass is 9.99. The van der Waals surface area contributed by atoms with Crippen LogP contribution in [-0.4, -0.2) is 26.2 Å². The maximum atomic E-state index is 13.3. The van der Waals surface area contributed by atoms with Crippen molar-refractivity contribution in [1.29, 1.82) is 0 Å². The third-order valence-electron chi connectivity index (χ3n) is 4.16. The van der Waals surface area contributed by atoms with Gasteiger partial charge in [0, 0.05) is 24.8 Å². The lowest BCUT2D eigenvalue weighted by molar-refractivity contribution is 0.388. The van der Waals surface area contributed by atoms with Crippen molar-refractivity contribution < 1.29 is 4.39 Å². The number of nitrogens with one attached hydrogen (secondary N) is 1. The Bertz CT molecular complexity index is 405. The first-order valence-corrected chi connectivity index (χ1v) is 6.86. The van der Waals surface area contributed by atoms with Gasteiger partial charge in [0.2, 0.25) is 0 Å². The standard InChI is InChI=1S/C15H23FN2/c1-4-11(2)14(17-3)10-18-8-7-12-5-6-13(16)9-15(12)18/h5-6,9,11,14,17H,4,7-8,10H2,1-3H3. The molecule has 1 aliphatic rings. The van der Waals surface area contributed by atoms with Crippen molar-refractivity contribution in [2.45, 2.75) is 32.7 Å². The molecule has 1 aromatic carbocycles. The molecule has 0 aliphatic carbocycles. The molecule has 1 aliphatic heterocycles. The Labute approximate surface area is 109 Å². The Balaban J connectivity index is 2.11. The number of fused-ring (bicyclic) bond motifs is 1. The molecule has 0 radical (unpaired) electrons. The van der Waals surface area contributed by atoms with Gasteiger partial charge in [0.15, 0.2) is 0 Å². The molecule has 0 fully saturated rings. The van der Waals surface area contributed by atoms with E-state index in [-0.39, 0.29) is 5.82 Å². The second-order valence-electron chi connectivity index (χ2n) is 5.25. The Morgan fingerprint density at radius 2 is 2.22 bits per heavy atom. The summed E-state index contributed by atoms with van der Waals surface area (Å²) in [5, 5.41) is 3.39. The molecule has 1 N–H and O–H groups in total. The van der Waals surface area contributed by atoms with E-state index in [0.717, 1.165) is 31.6 Å². The molecule has 0 bridgehead atoms. The monoisotopic (exact) mass is 250 g/mol. The van der Waals surface area contributed by atoms with E-state index in [1.54, 1.807) is 12.1 Å². The topological polar surface area (TPSA) is 15.3 Å². The number of anilines is 1. The molecule has 2 rings (SSSR count). The predicted octanol–water partition coefficient (Wildman–Crippen LogP) is 2.82. The van der Waals surface area contributed by atoms with Crippen molar-refractivity contribution in [1.82, 2.24) is 5.32 Å². The quantitative estimate of drug-likeness (QED) is 0.864. The van der Waals surface area contributed by atoms with Crippen molar-refractivity contribution in [3.63, 3.8) is 0 Å². The molecule has 1 heterocycles. The van der Waals surface area contributed by atoms with Crippen LogP contribution in [0.25, 0.3) is 0 Å². The van der Waals surface area contributed by atoms with E-state index in [2.05, 4.69) is 24.1 Å². The van der Waals surface area contributed by atoms with Gasteiger partial charge in [-0.3, -0.25) is 0 Å². The summed E-state index contributed by atoms with van der Waals surface area (Å²) in [7, 11) is 2.01. The summed E-state index contributed by atoms with van der Waals surface area (Å²) in [6.07, 6.45) is 2.20. The van der Waals surface area contributed by atoms with Crippen LogP contribution in [0, 0.1) is 11.7 Å². The largest absolute Gasteiger partial charge is 0.369 e. The van der Waals surface area contributed by atoms with Crippen LogP contribution in [-0.2, 0) is 6.42 Å². The van der Waals surface area contributed by atoms with Crippen molar-refractivity contribution in [2.24, 2.45) is 5.92 Å². The second kappa shape index (κ2) is 5.70. The minimum Gasteiger partial charge on any atom is -0.369 e. The summed E-state index contributed by atoms with van der Waals surface area (Å²) < 4.78 is 13.3. The van der Waals surface area contributed by atoms with E-state index in [1.165, 1.54) is 5.56 Å². The summed E-state index contributed by atoms with van der Waals surface area (Å²) >= 11 is 0. The number of hydrogen-bond acceptors (Lipinski definition) is 2. The van der Waals surface area contributed by atoms with Gasteiger partial charge in [-0.15, -0.1) is 0 Å². The van der Waals surface area contributed by atoms with Gasteiger partial charge in [-0.05, 0) is 37.1 Å². The molecule has 2 atom stereocenters. The molecule has 0 amide bonds. The Kier molecular flexibility index (Phi) is 4.23. The fourth-order valence-electron chi connectivity index (χ4n) is 2.69. The SMILES string of the molecule is CCC(C)C(CN1CCc2ccc(F)cc21)NC. The fourth-order valence-corrected chi connectivity index (χ4v) is 2.69. The van der Waals surface area contributed by atoms with Gasteiger partial charge in [0.25, 0.3) is 0 Å². The highest BCUT2D eigenvalue weighted by Gasteiger charge is 2.23. The van der Waals surface area contributed by atoms with Crippen LogP contribution in [0.3, 0.4) is 0 Å². The summed E-state index contributed by atoms with van der Waals surface area (Å²) in [6.45, 7) is 6.45. The summed E-state index contributed by atoms with van der Waals surface area (Å²) in [5.74, 6) is 0.498. The van der Waals surface area contributed by atoms with E-state index in [1.807, 2.05) is 13.1 Å². The molecule has 0 saturated heterocycles. The smallest absolute Gasteiger partial charge is 0.125 e. The first-order valence-electron chi connectivity index (χ1n) is 6.86. The Morgan fingerprint density at radius 3 is 2.89 bits per heavy atom. The Hall–Kier alpha value is -1.09. The normalized spacial score (nSPS) is 17.7. The zero-order valence-corrected chi connectivity index (χ0v) is 11.5. The maximum absolute atomic E-state index is 13.3. The molecular weight excluding hydrogens is 227 g/mol. The van der Waals surface area contributed by atoms with Crippen molar-refractivity contribution in [3.05, 3.63) is 29.6 Å². The summed E-state index contributed by atoms with van der Waals surface area (Å²) in [5.41, 5.74) is 2.36. The number of likely N-dealkylation sites (N-methyl/N-ethyl adjacent to an activating group) is 1. The van der Waals surface area contributed by atoms with E-state index in [4.69, 9.17) is 0 Å². The van der Waals surface area contributed by atoms with Gasteiger partial charge in [0.1, 0.15) is 5.82 Å². The van der Waals surface area contributed by atoms with Gasteiger partial charge in [-0.25, -0.2) is 4.39 Å². The first kappa shape index (κ1) is 13.3. The molecule has 0 aromatic heterocycles. The number of benzene rings is 1. The molecule has 2 nitrogen and oxygen atoms in total. The van der Waals surface area contributed by atoms with Crippen LogP contribution in [0.5, 0.6) is 0 Å². The average molecular weight is 250 g/mol. The molecule has 0 saturated carbocycles. The molecular formula is C15H23FN2.